The lowest BCUT2D eigenvalue weighted by molar-refractivity contribution is 0.147. The van der Waals surface area contributed by atoms with Crippen molar-refractivity contribution in [3.05, 3.63) is 0 Å². The first-order valence-electron chi connectivity index (χ1n) is 6.57. The summed E-state index contributed by atoms with van der Waals surface area (Å²) in [5.74, 6) is 1.62. The van der Waals surface area contributed by atoms with E-state index in [9.17, 15) is 0 Å². The van der Waals surface area contributed by atoms with Crippen molar-refractivity contribution in [1.82, 2.24) is 10.2 Å². The van der Waals surface area contributed by atoms with Crippen LogP contribution in [0.25, 0.3) is 0 Å². The molecule has 0 bridgehead atoms. The van der Waals surface area contributed by atoms with Crippen LogP contribution < -0.4 is 5.32 Å². The molecule has 0 aromatic rings. The van der Waals surface area contributed by atoms with E-state index in [0.717, 1.165) is 24.4 Å². The molecule has 15 heavy (non-hydrogen) atoms. The summed E-state index contributed by atoms with van der Waals surface area (Å²) >= 11 is 0. The smallest absolute Gasteiger partial charge is 0.0198 e. The van der Waals surface area contributed by atoms with E-state index in [2.05, 4.69) is 37.9 Å². The van der Waals surface area contributed by atoms with Crippen molar-refractivity contribution >= 4 is 0 Å². The van der Waals surface area contributed by atoms with Gasteiger partial charge in [0.05, 0.1) is 0 Å². The minimum atomic E-state index is 0.725. The Morgan fingerprint density at radius 2 is 2.07 bits per heavy atom. The molecule has 0 radical (unpaired) electrons. The Bertz CT molecular complexity index is 168. The van der Waals surface area contributed by atoms with Gasteiger partial charge in [-0.2, -0.15) is 0 Å². The second-order valence-electron chi connectivity index (χ2n) is 5.60. The van der Waals surface area contributed by atoms with E-state index in [0.29, 0.717) is 0 Å². The molecule has 1 rings (SSSR count). The van der Waals surface area contributed by atoms with Crippen LogP contribution in [-0.4, -0.2) is 37.1 Å². The van der Waals surface area contributed by atoms with E-state index < -0.39 is 0 Å². The molecule has 1 saturated heterocycles. The molecule has 0 aromatic carbocycles. The van der Waals surface area contributed by atoms with Crippen molar-refractivity contribution in [3.8, 4) is 0 Å². The number of hydrogen-bond donors (Lipinski definition) is 1. The average molecular weight is 212 g/mol. The fourth-order valence-corrected chi connectivity index (χ4v) is 2.51. The van der Waals surface area contributed by atoms with Crippen LogP contribution in [0.4, 0.5) is 0 Å². The minimum absolute atomic E-state index is 0.725. The van der Waals surface area contributed by atoms with Gasteiger partial charge >= 0.3 is 0 Å². The first kappa shape index (κ1) is 13.0. The van der Waals surface area contributed by atoms with Gasteiger partial charge in [-0.25, -0.2) is 0 Å². The van der Waals surface area contributed by atoms with Crippen LogP contribution in [0.15, 0.2) is 0 Å². The molecule has 2 nitrogen and oxygen atoms in total. The monoisotopic (exact) mass is 212 g/mol. The van der Waals surface area contributed by atoms with Crippen LogP contribution in [-0.2, 0) is 0 Å². The van der Waals surface area contributed by atoms with Gasteiger partial charge in [0.1, 0.15) is 0 Å². The maximum Gasteiger partial charge on any atom is 0.0198 e. The summed E-state index contributed by atoms with van der Waals surface area (Å²) in [5.41, 5.74) is 0. The molecule has 2 heteroatoms. The zero-order valence-corrected chi connectivity index (χ0v) is 10.9. The van der Waals surface area contributed by atoms with Gasteiger partial charge in [-0.15, -0.1) is 0 Å². The average Bonchev–Trinajstić information content (AvgIpc) is 2.14. The predicted molar refractivity (Wildman–Crippen MR) is 67.1 cm³/mol. The Hall–Kier alpha value is -0.0800. The molecule has 0 aromatic heterocycles. The summed E-state index contributed by atoms with van der Waals surface area (Å²) < 4.78 is 0. The van der Waals surface area contributed by atoms with Gasteiger partial charge in [0.2, 0.25) is 0 Å². The van der Waals surface area contributed by atoms with E-state index in [4.69, 9.17) is 0 Å². The van der Waals surface area contributed by atoms with Gasteiger partial charge < -0.3 is 10.2 Å². The van der Waals surface area contributed by atoms with Crippen LogP contribution >= 0.6 is 0 Å². The van der Waals surface area contributed by atoms with Crippen LogP contribution in [0.1, 0.15) is 40.5 Å². The first-order chi connectivity index (χ1) is 7.11. The highest BCUT2D eigenvalue weighted by atomic mass is 15.2. The molecular weight excluding hydrogens is 184 g/mol. The molecule has 1 aliphatic heterocycles. The Balaban J connectivity index is 2.31. The summed E-state index contributed by atoms with van der Waals surface area (Å²) in [4.78, 5) is 2.62. The minimum Gasteiger partial charge on any atom is -0.312 e. The number of nitrogens with zero attached hydrogens (tertiary/aromatic N) is 1. The number of nitrogens with one attached hydrogen (secondary N) is 1. The van der Waals surface area contributed by atoms with Crippen molar-refractivity contribution in [2.45, 2.75) is 46.6 Å². The number of hydrogen-bond acceptors (Lipinski definition) is 2. The van der Waals surface area contributed by atoms with E-state index in [-0.39, 0.29) is 0 Å². The van der Waals surface area contributed by atoms with Crippen LogP contribution in [0, 0.1) is 11.8 Å². The Morgan fingerprint density at radius 3 is 2.67 bits per heavy atom. The van der Waals surface area contributed by atoms with Crippen LogP contribution in [0.3, 0.4) is 0 Å². The van der Waals surface area contributed by atoms with E-state index in [1.54, 1.807) is 0 Å². The standard InChI is InChI=1S/C13H28N2/c1-5-6-15-9-12(4)7-13(10-15)14-8-11(2)3/h11-14H,5-10H2,1-4H3. The van der Waals surface area contributed by atoms with Crippen molar-refractivity contribution < 1.29 is 0 Å². The highest BCUT2D eigenvalue weighted by Crippen LogP contribution is 2.16. The third-order valence-corrected chi connectivity index (χ3v) is 3.09. The molecule has 2 atom stereocenters. The summed E-state index contributed by atoms with van der Waals surface area (Å²) in [6.07, 6.45) is 2.64. The van der Waals surface area contributed by atoms with Gasteiger partial charge in [0.25, 0.3) is 0 Å². The van der Waals surface area contributed by atoms with Gasteiger partial charge in [-0.05, 0) is 37.8 Å². The van der Waals surface area contributed by atoms with Crippen molar-refractivity contribution in [1.29, 1.82) is 0 Å². The van der Waals surface area contributed by atoms with Crippen molar-refractivity contribution in [2.24, 2.45) is 11.8 Å². The first-order valence-corrected chi connectivity index (χ1v) is 6.57. The number of piperidine rings is 1. The fourth-order valence-electron chi connectivity index (χ4n) is 2.51. The van der Waals surface area contributed by atoms with Crippen molar-refractivity contribution in [2.75, 3.05) is 26.2 Å². The summed E-state index contributed by atoms with van der Waals surface area (Å²) in [5, 5.41) is 3.70. The van der Waals surface area contributed by atoms with Gasteiger partial charge in [0.15, 0.2) is 0 Å². The van der Waals surface area contributed by atoms with Crippen LogP contribution in [0.5, 0.6) is 0 Å². The topological polar surface area (TPSA) is 15.3 Å². The van der Waals surface area contributed by atoms with E-state index in [1.807, 2.05) is 0 Å². The number of likely N-dealkylation sites (tertiary alicyclic amines) is 1. The summed E-state index contributed by atoms with van der Waals surface area (Å²) in [7, 11) is 0. The molecule has 1 fully saturated rings. The molecule has 0 aliphatic carbocycles. The molecule has 0 amide bonds. The quantitative estimate of drug-likeness (QED) is 0.752. The molecule has 0 saturated carbocycles. The summed E-state index contributed by atoms with van der Waals surface area (Å²) in [6.45, 7) is 14.2. The maximum absolute atomic E-state index is 3.70. The molecule has 1 heterocycles. The van der Waals surface area contributed by atoms with Crippen LogP contribution in [0.2, 0.25) is 0 Å². The Labute approximate surface area is 95.4 Å². The fraction of sp³-hybridized carbons (Fsp3) is 1.00. The Kier molecular flexibility index (Phi) is 5.62. The lowest BCUT2D eigenvalue weighted by Gasteiger charge is -2.37. The van der Waals surface area contributed by atoms with E-state index >= 15 is 0 Å². The normalized spacial score (nSPS) is 28.6. The van der Waals surface area contributed by atoms with Gasteiger partial charge in [0, 0.05) is 19.1 Å². The lowest BCUT2D eigenvalue weighted by atomic mass is 9.95. The number of rotatable bonds is 5. The molecule has 1 N–H and O–H groups in total. The largest absolute Gasteiger partial charge is 0.312 e. The molecule has 1 aliphatic rings. The molecular formula is C13H28N2. The zero-order chi connectivity index (χ0) is 11.3. The molecule has 2 unspecified atom stereocenters. The highest BCUT2D eigenvalue weighted by molar-refractivity contribution is 4.81. The second-order valence-corrected chi connectivity index (χ2v) is 5.60. The third kappa shape index (κ3) is 4.98. The highest BCUT2D eigenvalue weighted by Gasteiger charge is 2.23. The van der Waals surface area contributed by atoms with Gasteiger partial charge in [-0.3, -0.25) is 0 Å². The second kappa shape index (κ2) is 6.49. The van der Waals surface area contributed by atoms with Crippen molar-refractivity contribution in [3.63, 3.8) is 0 Å². The molecule has 0 spiro atoms. The summed E-state index contributed by atoms with van der Waals surface area (Å²) in [6, 6.07) is 0.725. The van der Waals surface area contributed by atoms with Gasteiger partial charge in [-0.1, -0.05) is 27.7 Å². The SMILES string of the molecule is CCCN1CC(C)CC(NCC(C)C)C1. The third-order valence-electron chi connectivity index (χ3n) is 3.09. The predicted octanol–water partition coefficient (Wildman–Crippen LogP) is 2.35. The Morgan fingerprint density at radius 1 is 1.33 bits per heavy atom. The zero-order valence-electron chi connectivity index (χ0n) is 10.9. The van der Waals surface area contributed by atoms with E-state index in [1.165, 1.54) is 32.5 Å². The maximum atomic E-state index is 3.70. The lowest BCUT2D eigenvalue weighted by Crippen LogP contribution is -2.49. The molecule has 90 valence electrons.